The van der Waals surface area contributed by atoms with Gasteiger partial charge >= 0.3 is 0 Å². The van der Waals surface area contributed by atoms with Gasteiger partial charge < -0.3 is 9.84 Å². The lowest BCUT2D eigenvalue weighted by Gasteiger charge is -2.10. The number of aliphatic hydroxyl groups is 1. The molecule has 1 heterocycles. The number of aliphatic hydroxyl groups excluding tert-OH is 1. The van der Waals surface area contributed by atoms with Gasteiger partial charge in [0.25, 0.3) is 0 Å². The zero-order valence-corrected chi connectivity index (χ0v) is 10.1. The molecule has 0 spiro atoms. The van der Waals surface area contributed by atoms with Crippen molar-refractivity contribution in [2.24, 2.45) is 4.99 Å². The summed E-state index contributed by atoms with van der Waals surface area (Å²) in [5.74, 6) is 0.373. The van der Waals surface area contributed by atoms with Gasteiger partial charge in [0, 0.05) is 11.8 Å². The molecule has 17 heavy (non-hydrogen) atoms. The van der Waals surface area contributed by atoms with E-state index in [0.717, 1.165) is 11.8 Å². The van der Waals surface area contributed by atoms with Crippen LogP contribution in [-0.4, -0.2) is 43.8 Å². The largest absolute Gasteiger partial charge is 0.475 e. The first-order valence-electron chi connectivity index (χ1n) is 5.11. The molecular formula is C11H13NO4S. The molecule has 1 N–H and O–H groups in total. The molecule has 2 rings (SSSR count). The highest BCUT2D eigenvalue weighted by molar-refractivity contribution is 7.91. The van der Waals surface area contributed by atoms with Gasteiger partial charge in [0.15, 0.2) is 15.3 Å². The van der Waals surface area contributed by atoms with Crippen LogP contribution in [0.1, 0.15) is 5.56 Å². The maximum atomic E-state index is 11.2. The van der Waals surface area contributed by atoms with Crippen LogP contribution in [0.4, 0.5) is 0 Å². The van der Waals surface area contributed by atoms with Crippen molar-refractivity contribution < 1.29 is 18.3 Å². The van der Waals surface area contributed by atoms with E-state index in [0.29, 0.717) is 5.90 Å². The SMILES string of the molecule is CS(=O)(=O)C(O)C1COC(c2ccccc2)=N1. The second-order valence-corrected chi connectivity index (χ2v) is 6.04. The van der Waals surface area contributed by atoms with E-state index in [-0.39, 0.29) is 6.61 Å². The third kappa shape index (κ3) is 2.65. The number of sulfone groups is 1. The molecule has 2 unspecified atom stereocenters. The first kappa shape index (κ1) is 12.1. The van der Waals surface area contributed by atoms with Crippen LogP contribution in [0.5, 0.6) is 0 Å². The molecule has 1 aliphatic rings. The number of hydrogen-bond donors (Lipinski definition) is 1. The maximum Gasteiger partial charge on any atom is 0.216 e. The molecule has 0 amide bonds. The second kappa shape index (κ2) is 4.46. The quantitative estimate of drug-likeness (QED) is 0.836. The molecule has 0 radical (unpaired) electrons. The Hall–Kier alpha value is -1.40. The number of aliphatic imine (C=N–C) groups is 1. The Balaban J connectivity index is 2.20. The van der Waals surface area contributed by atoms with Gasteiger partial charge in [0.2, 0.25) is 5.90 Å². The van der Waals surface area contributed by atoms with Gasteiger partial charge in [0.1, 0.15) is 12.6 Å². The van der Waals surface area contributed by atoms with Crippen LogP contribution >= 0.6 is 0 Å². The van der Waals surface area contributed by atoms with E-state index in [2.05, 4.69) is 4.99 Å². The Morgan fingerprint density at radius 2 is 2.06 bits per heavy atom. The molecule has 92 valence electrons. The Bertz CT molecular complexity index is 524. The van der Waals surface area contributed by atoms with Crippen LogP contribution < -0.4 is 0 Å². The van der Waals surface area contributed by atoms with E-state index in [9.17, 15) is 13.5 Å². The molecular weight excluding hydrogens is 242 g/mol. The lowest BCUT2D eigenvalue weighted by Crippen LogP contribution is -2.32. The molecule has 0 bridgehead atoms. The van der Waals surface area contributed by atoms with E-state index in [1.54, 1.807) is 0 Å². The summed E-state index contributed by atoms with van der Waals surface area (Å²) in [6, 6.07) is 8.41. The number of benzene rings is 1. The standard InChI is InChI=1S/C11H13NO4S/c1-17(14,15)11(13)9-7-16-10(12-9)8-5-3-2-4-6-8/h2-6,9,11,13H,7H2,1H3. The lowest BCUT2D eigenvalue weighted by atomic mass is 10.2. The summed E-state index contributed by atoms with van der Waals surface area (Å²) in [4.78, 5) is 4.09. The van der Waals surface area contributed by atoms with Gasteiger partial charge in [-0.15, -0.1) is 0 Å². The Kier molecular flexibility index (Phi) is 3.17. The highest BCUT2D eigenvalue weighted by Crippen LogP contribution is 2.16. The highest BCUT2D eigenvalue weighted by atomic mass is 32.2. The van der Waals surface area contributed by atoms with E-state index in [1.165, 1.54) is 0 Å². The third-order valence-electron chi connectivity index (χ3n) is 2.46. The van der Waals surface area contributed by atoms with Crippen molar-refractivity contribution in [2.45, 2.75) is 11.5 Å². The van der Waals surface area contributed by atoms with E-state index < -0.39 is 21.3 Å². The van der Waals surface area contributed by atoms with Crippen molar-refractivity contribution >= 4 is 15.7 Å². The summed E-state index contributed by atoms with van der Waals surface area (Å²) in [6.07, 6.45) is 0.980. The highest BCUT2D eigenvalue weighted by Gasteiger charge is 2.33. The van der Waals surface area contributed by atoms with Gasteiger partial charge in [-0.05, 0) is 12.1 Å². The monoisotopic (exact) mass is 255 g/mol. The topological polar surface area (TPSA) is 76.0 Å². The average molecular weight is 255 g/mol. The molecule has 1 aliphatic heterocycles. The fourth-order valence-electron chi connectivity index (χ4n) is 1.56. The smallest absolute Gasteiger partial charge is 0.216 e. The fourth-order valence-corrected chi connectivity index (χ4v) is 2.27. The minimum atomic E-state index is -3.52. The van der Waals surface area contributed by atoms with Crippen molar-refractivity contribution in [1.29, 1.82) is 0 Å². The van der Waals surface area contributed by atoms with Crippen LogP contribution in [0.3, 0.4) is 0 Å². The molecule has 0 aromatic heterocycles. The van der Waals surface area contributed by atoms with Gasteiger partial charge in [-0.1, -0.05) is 18.2 Å². The number of hydrogen-bond acceptors (Lipinski definition) is 5. The minimum absolute atomic E-state index is 0.0818. The lowest BCUT2D eigenvalue weighted by molar-refractivity contribution is 0.191. The summed E-state index contributed by atoms with van der Waals surface area (Å²) in [6.45, 7) is 0.0818. The Labute approximate surface area is 99.7 Å². The molecule has 0 aliphatic carbocycles. The summed E-state index contributed by atoms with van der Waals surface area (Å²) >= 11 is 0. The molecule has 2 atom stereocenters. The zero-order chi connectivity index (χ0) is 12.5. The summed E-state index contributed by atoms with van der Waals surface area (Å²) in [5.41, 5.74) is -0.737. The van der Waals surface area contributed by atoms with Crippen LogP contribution in [0.2, 0.25) is 0 Å². The first-order chi connectivity index (χ1) is 7.98. The van der Waals surface area contributed by atoms with Crippen LogP contribution in [0.25, 0.3) is 0 Å². The molecule has 0 saturated heterocycles. The fraction of sp³-hybridized carbons (Fsp3) is 0.364. The molecule has 1 aromatic rings. The van der Waals surface area contributed by atoms with Crippen LogP contribution in [-0.2, 0) is 14.6 Å². The maximum absolute atomic E-state index is 11.2. The van der Waals surface area contributed by atoms with E-state index in [4.69, 9.17) is 4.74 Å². The van der Waals surface area contributed by atoms with Gasteiger partial charge in [0.05, 0.1) is 0 Å². The second-order valence-electron chi connectivity index (χ2n) is 3.90. The normalized spacial score (nSPS) is 21.8. The molecule has 6 heteroatoms. The van der Waals surface area contributed by atoms with Crippen molar-refractivity contribution in [2.75, 3.05) is 12.9 Å². The van der Waals surface area contributed by atoms with E-state index in [1.807, 2.05) is 30.3 Å². The minimum Gasteiger partial charge on any atom is -0.475 e. The van der Waals surface area contributed by atoms with Crippen molar-refractivity contribution in [1.82, 2.24) is 0 Å². The van der Waals surface area contributed by atoms with Crippen molar-refractivity contribution in [3.8, 4) is 0 Å². The molecule has 0 fully saturated rings. The van der Waals surface area contributed by atoms with Crippen LogP contribution in [0, 0.1) is 0 Å². The summed E-state index contributed by atoms with van der Waals surface area (Å²) in [5, 5.41) is 9.58. The summed E-state index contributed by atoms with van der Waals surface area (Å²) in [7, 11) is -3.52. The predicted molar refractivity (Wildman–Crippen MR) is 63.6 cm³/mol. The van der Waals surface area contributed by atoms with Gasteiger partial charge in [-0.3, -0.25) is 0 Å². The Morgan fingerprint density at radius 3 is 2.65 bits per heavy atom. The van der Waals surface area contributed by atoms with Gasteiger partial charge in [-0.2, -0.15) is 0 Å². The summed E-state index contributed by atoms with van der Waals surface area (Å²) < 4.78 is 27.7. The van der Waals surface area contributed by atoms with Crippen molar-refractivity contribution in [3.63, 3.8) is 0 Å². The average Bonchev–Trinajstić information content (AvgIpc) is 2.77. The van der Waals surface area contributed by atoms with Gasteiger partial charge in [-0.25, -0.2) is 13.4 Å². The molecule has 1 aromatic carbocycles. The molecule has 5 nitrogen and oxygen atoms in total. The van der Waals surface area contributed by atoms with Crippen molar-refractivity contribution in [3.05, 3.63) is 35.9 Å². The van der Waals surface area contributed by atoms with Crippen LogP contribution in [0.15, 0.2) is 35.3 Å². The Morgan fingerprint density at radius 1 is 1.41 bits per heavy atom. The zero-order valence-electron chi connectivity index (χ0n) is 9.28. The first-order valence-corrected chi connectivity index (χ1v) is 7.07. The van der Waals surface area contributed by atoms with E-state index >= 15 is 0 Å². The third-order valence-corrected chi connectivity index (χ3v) is 3.65. The predicted octanol–water partition coefficient (Wildman–Crippen LogP) is 0.195. The molecule has 0 saturated carbocycles. The number of ether oxygens (including phenoxy) is 1. The number of rotatable bonds is 3. The number of nitrogens with zero attached hydrogens (tertiary/aromatic N) is 1.